The molecule has 0 saturated carbocycles. The Hall–Kier alpha value is -0.855. The Morgan fingerprint density at radius 1 is 1.46 bits per heavy atom. The fourth-order valence-corrected chi connectivity index (χ4v) is 1.06. The molecular weight excluding hydrogens is 159 g/mol. The van der Waals surface area contributed by atoms with Gasteiger partial charge in [0.25, 0.3) is 0 Å². The van der Waals surface area contributed by atoms with Gasteiger partial charge in [-0.05, 0) is 13.0 Å². The van der Waals surface area contributed by atoms with Gasteiger partial charge in [-0.2, -0.15) is 0 Å². The highest BCUT2D eigenvalue weighted by Crippen LogP contribution is 2.25. The number of rotatable bonds is 3. The lowest BCUT2D eigenvalue weighted by Crippen LogP contribution is -2.28. The maximum absolute atomic E-state index is 4.34. The zero-order chi connectivity index (χ0) is 9.90. The van der Waals surface area contributed by atoms with Gasteiger partial charge in [0.1, 0.15) is 5.82 Å². The molecule has 0 aliphatic carbocycles. The van der Waals surface area contributed by atoms with Crippen molar-refractivity contribution in [3.63, 3.8) is 0 Å². The van der Waals surface area contributed by atoms with Crippen LogP contribution in [0.4, 0.5) is 0 Å². The molecule has 0 N–H and O–H groups in total. The molecule has 0 bridgehead atoms. The van der Waals surface area contributed by atoms with Crippen molar-refractivity contribution >= 4 is 12.9 Å². The standard InChI is InChI=1S/C10H16BN2/c1-5-10(3,4)11-9-6-7-12-8(2)13-9/h6-7H,5H2,1-4H3. The Labute approximate surface area is 81.0 Å². The lowest BCUT2D eigenvalue weighted by atomic mass is 9.51. The van der Waals surface area contributed by atoms with Crippen LogP contribution in [0.2, 0.25) is 5.31 Å². The summed E-state index contributed by atoms with van der Waals surface area (Å²) in [5.41, 5.74) is 1.03. The molecule has 2 nitrogen and oxygen atoms in total. The van der Waals surface area contributed by atoms with Gasteiger partial charge < -0.3 is 0 Å². The quantitative estimate of drug-likeness (QED) is 0.653. The third-order valence-electron chi connectivity index (χ3n) is 2.25. The smallest absolute Gasteiger partial charge is 0.184 e. The molecular formula is C10H16BN2. The van der Waals surface area contributed by atoms with Crippen molar-refractivity contribution in [1.29, 1.82) is 0 Å². The molecule has 0 aliphatic heterocycles. The van der Waals surface area contributed by atoms with E-state index in [9.17, 15) is 0 Å². The van der Waals surface area contributed by atoms with Gasteiger partial charge in [-0.15, -0.1) is 0 Å². The molecule has 0 aromatic carbocycles. The highest BCUT2D eigenvalue weighted by atomic mass is 14.8. The molecule has 0 atom stereocenters. The molecule has 1 rings (SSSR count). The average Bonchev–Trinajstić information content (AvgIpc) is 2.03. The van der Waals surface area contributed by atoms with Gasteiger partial charge in [-0.1, -0.05) is 32.5 Å². The molecule has 0 fully saturated rings. The van der Waals surface area contributed by atoms with Gasteiger partial charge in [0.15, 0.2) is 7.28 Å². The van der Waals surface area contributed by atoms with Gasteiger partial charge in [-0.3, -0.25) is 0 Å². The monoisotopic (exact) mass is 175 g/mol. The van der Waals surface area contributed by atoms with Crippen LogP contribution in [0.15, 0.2) is 12.3 Å². The second kappa shape index (κ2) is 3.90. The van der Waals surface area contributed by atoms with Crippen LogP contribution in [-0.4, -0.2) is 17.2 Å². The molecule has 0 amide bonds. The predicted octanol–water partition coefficient (Wildman–Crippen LogP) is 1.72. The summed E-state index contributed by atoms with van der Waals surface area (Å²) in [5, 5.41) is 0.223. The minimum absolute atomic E-state index is 0.223. The van der Waals surface area contributed by atoms with E-state index in [2.05, 4.69) is 38.0 Å². The largest absolute Gasteiger partial charge is 0.249 e. The Bertz CT molecular complexity index is 284. The van der Waals surface area contributed by atoms with Crippen LogP contribution < -0.4 is 5.59 Å². The molecule has 0 aliphatic rings. The number of hydrogen-bond acceptors (Lipinski definition) is 2. The van der Waals surface area contributed by atoms with Crippen LogP contribution >= 0.6 is 0 Å². The van der Waals surface area contributed by atoms with Crippen molar-refractivity contribution in [2.75, 3.05) is 0 Å². The molecule has 0 unspecified atom stereocenters. The lowest BCUT2D eigenvalue weighted by molar-refractivity contribution is 0.647. The van der Waals surface area contributed by atoms with Crippen molar-refractivity contribution in [3.05, 3.63) is 18.1 Å². The number of aromatic nitrogens is 2. The summed E-state index contributed by atoms with van der Waals surface area (Å²) in [6.07, 6.45) is 2.93. The third-order valence-corrected chi connectivity index (χ3v) is 2.25. The molecule has 1 aromatic rings. The second-order valence-corrected chi connectivity index (χ2v) is 4.02. The summed E-state index contributed by atoms with van der Waals surface area (Å²) >= 11 is 0. The van der Waals surface area contributed by atoms with Crippen LogP contribution in [0.1, 0.15) is 33.0 Å². The van der Waals surface area contributed by atoms with E-state index in [0.29, 0.717) is 0 Å². The second-order valence-electron chi connectivity index (χ2n) is 4.02. The first kappa shape index (κ1) is 10.2. The molecule has 1 aromatic heterocycles. The van der Waals surface area contributed by atoms with E-state index in [4.69, 9.17) is 0 Å². The summed E-state index contributed by atoms with van der Waals surface area (Å²) in [4.78, 5) is 8.40. The molecule has 1 radical (unpaired) electrons. The van der Waals surface area contributed by atoms with Crippen LogP contribution in [0.5, 0.6) is 0 Å². The Balaban J connectivity index is 2.74. The lowest BCUT2D eigenvalue weighted by Gasteiger charge is -2.20. The van der Waals surface area contributed by atoms with Crippen molar-refractivity contribution in [2.45, 2.75) is 39.4 Å². The van der Waals surface area contributed by atoms with Gasteiger partial charge in [0.2, 0.25) is 0 Å². The first-order valence-electron chi connectivity index (χ1n) is 4.69. The van der Waals surface area contributed by atoms with Gasteiger partial charge in [0, 0.05) is 11.8 Å². The Morgan fingerprint density at radius 3 is 2.69 bits per heavy atom. The van der Waals surface area contributed by atoms with Crippen LogP contribution in [-0.2, 0) is 0 Å². The first-order chi connectivity index (χ1) is 6.03. The minimum Gasteiger partial charge on any atom is -0.249 e. The van der Waals surface area contributed by atoms with Crippen LogP contribution in [0, 0.1) is 6.92 Å². The fourth-order valence-electron chi connectivity index (χ4n) is 1.06. The topological polar surface area (TPSA) is 25.8 Å². The third kappa shape index (κ3) is 3.17. The normalized spacial score (nSPS) is 11.4. The van der Waals surface area contributed by atoms with Crippen LogP contribution in [0.25, 0.3) is 0 Å². The zero-order valence-electron chi connectivity index (χ0n) is 8.83. The molecule has 0 spiro atoms. The predicted molar refractivity (Wildman–Crippen MR) is 56.5 cm³/mol. The van der Waals surface area contributed by atoms with E-state index >= 15 is 0 Å². The van der Waals surface area contributed by atoms with E-state index in [0.717, 1.165) is 17.8 Å². The average molecular weight is 175 g/mol. The molecule has 1 heterocycles. The van der Waals surface area contributed by atoms with Crippen molar-refractivity contribution in [2.24, 2.45) is 0 Å². The van der Waals surface area contributed by atoms with Gasteiger partial charge >= 0.3 is 0 Å². The maximum Gasteiger partial charge on any atom is 0.184 e. The van der Waals surface area contributed by atoms with Gasteiger partial charge in [-0.25, -0.2) is 9.97 Å². The maximum atomic E-state index is 4.34. The highest BCUT2D eigenvalue weighted by Gasteiger charge is 2.18. The SMILES string of the molecule is CCC(C)(C)[B]c1ccnc(C)n1. The summed E-state index contributed by atoms with van der Waals surface area (Å²) in [6.45, 7) is 8.52. The summed E-state index contributed by atoms with van der Waals surface area (Å²) < 4.78 is 0. The number of aryl methyl sites for hydroxylation is 1. The van der Waals surface area contributed by atoms with Crippen molar-refractivity contribution < 1.29 is 0 Å². The molecule has 3 heteroatoms. The zero-order valence-corrected chi connectivity index (χ0v) is 8.83. The minimum atomic E-state index is 0.223. The Morgan fingerprint density at radius 2 is 2.15 bits per heavy atom. The molecule has 69 valence electrons. The summed E-state index contributed by atoms with van der Waals surface area (Å²) in [7, 11) is 2.20. The van der Waals surface area contributed by atoms with Crippen molar-refractivity contribution in [3.8, 4) is 0 Å². The van der Waals surface area contributed by atoms with Crippen LogP contribution in [0.3, 0.4) is 0 Å². The van der Waals surface area contributed by atoms with E-state index < -0.39 is 0 Å². The number of nitrogens with zero attached hydrogens (tertiary/aromatic N) is 2. The summed E-state index contributed by atoms with van der Waals surface area (Å²) in [5.74, 6) is 0.834. The van der Waals surface area contributed by atoms with E-state index in [-0.39, 0.29) is 5.31 Å². The van der Waals surface area contributed by atoms with Crippen molar-refractivity contribution in [1.82, 2.24) is 9.97 Å². The molecule has 13 heavy (non-hydrogen) atoms. The highest BCUT2D eigenvalue weighted by molar-refractivity contribution is 6.55. The first-order valence-corrected chi connectivity index (χ1v) is 4.69. The fraction of sp³-hybridized carbons (Fsp3) is 0.600. The Kier molecular flexibility index (Phi) is 3.07. The van der Waals surface area contributed by atoms with E-state index in [1.165, 1.54) is 0 Å². The van der Waals surface area contributed by atoms with E-state index in [1.54, 1.807) is 6.20 Å². The summed E-state index contributed by atoms with van der Waals surface area (Å²) in [6, 6.07) is 1.95. The van der Waals surface area contributed by atoms with Gasteiger partial charge in [0.05, 0.1) is 0 Å². The molecule has 0 saturated heterocycles. The number of hydrogen-bond donors (Lipinski definition) is 0. The van der Waals surface area contributed by atoms with E-state index in [1.807, 2.05) is 13.0 Å².